The summed E-state index contributed by atoms with van der Waals surface area (Å²) in [5, 5.41) is 2.73. The molecule has 1 amide bonds. The van der Waals surface area contributed by atoms with E-state index in [-0.39, 0.29) is 5.56 Å². The minimum absolute atomic E-state index is 0.0893. The maximum atomic E-state index is 14.2. The molecule has 0 spiro atoms. The van der Waals surface area contributed by atoms with Crippen molar-refractivity contribution in [3.05, 3.63) is 57.8 Å². The van der Waals surface area contributed by atoms with Gasteiger partial charge in [-0.2, -0.15) is 4.31 Å². The largest absolute Gasteiger partial charge is 0.322 e. The van der Waals surface area contributed by atoms with Gasteiger partial charge in [0.15, 0.2) is 0 Å². The number of aryl methyl sites for hydroxylation is 1. The Bertz CT molecular complexity index is 957. The topological polar surface area (TPSA) is 66.5 Å². The van der Waals surface area contributed by atoms with Gasteiger partial charge in [0.1, 0.15) is 10.7 Å². The SMILES string of the molecule is Cc1cc(Br)ccc1NC(=O)c1ccc(F)c(S(=O)(=O)N2CCCC2)c1. The number of amides is 1. The van der Waals surface area contributed by atoms with Crippen molar-refractivity contribution in [3.63, 3.8) is 0 Å². The molecule has 0 aliphatic carbocycles. The van der Waals surface area contributed by atoms with Crippen LogP contribution in [0.5, 0.6) is 0 Å². The zero-order valence-corrected chi connectivity index (χ0v) is 16.5. The second-order valence-corrected chi connectivity index (χ2v) is 8.99. The lowest BCUT2D eigenvalue weighted by Crippen LogP contribution is -2.29. The highest BCUT2D eigenvalue weighted by Crippen LogP contribution is 2.25. The van der Waals surface area contributed by atoms with Gasteiger partial charge >= 0.3 is 0 Å². The van der Waals surface area contributed by atoms with E-state index in [1.54, 1.807) is 12.1 Å². The number of hydrogen-bond donors (Lipinski definition) is 1. The number of hydrogen-bond acceptors (Lipinski definition) is 3. The second-order valence-electron chi connectivity index (χ2n) is 6.17. The molecule has 2 aromatic carbocycles. The van der Waals surface area contributed by atoms with Crippen molar-refractivity contribution >= 4 is 37.5 Å². The number of nitrogens with zero attached hydrogens (tertiary/aromatic N) is 1. The van der Waals surface area contributed by atoms with Crippen molar-refractivity contribution in [1.82, 2.24) is 4.31 Å². The quantitative estimate of drug-likeness (QED) is 0.782. The highest BCUT2D eigenvalue weighted by atomic mass is 79.9. The van der Waals surface area contributed by atoms with E-state index in [1.165, 1.54) is 10.4 Å². The molecule has 2 aromatic rings. The molecule has 0 bridgehead atoms. The van der Waals surface area contributed by atoms with E-state index >= 15 is 0 Å². The predicted octanol–water partition coefficient (Wildman–Crippen LogP) is 3.93. The van der Waals surface area contributed by atoms with Crippen LogP contribution in [0.2, 0.25) is 0 Å². The molecule has 1 saturated heterocycles. The Hall–Kier alpha value is -1.77. The predicted molar refractivity (Wildman–Crippen MR) is 101 cm³/mol. The van der Waals surface area contributed by atoms with E-state index in [0.29, 0.717) is 18.8 Å². The number of carbonyl (C=O) groups excluding carboxylic acids is 1. The highest BCUT2D eigenvalue weighted by Gasteiger charge is 2.30. The van der Waals surface area contributed by atoms with Gasteiger partial charge in [-0.15, -0.1) is 0 Å². The zero-order valence-electron chi connectivity index (χ0n) is 14.1. The number of benzene rings is 2. The summed E-state index contributed by atoms with van der Waals surface area (Å²) in [6.07, 6.45) is 1.51. The zero-order chi connectivity index (χ0) is 18.9. The molecular formula is C18H18BrFN2O3S. The monoisotopic (exact) mass is 440 g/mol. The molecule has 3 rings (SSSR count). The Balaban J connectivity index is 1.90. The van der Waals surface area contributed by atoms with Crippen LogP contribution in [-0.2, 0) is 10.0 Å². The van der Waals surface area contributed by atoms with E-state index < -0.39 is 26.6 Å². The van der Waals surface area contributed by atoms with Crippen LogP contribution < -0.4 is 5.32 Å². The van der Waals surface area contributed by atoms with Crippen molar-refractivity contribution in [2.45, 2.75) is 24.7 Å². The summed E-state index contributed by atoms with van der Waals surface area (Å²) in [6.45, 7) is 2.58. The van der Waals surface area contributed by atoms with Crippen LogP contribution >= 0.6 is 15.9 Å². The average Bonchev–Trinajstić information content (AvgIpc) is 3.13. The first kappa shape index (κ1) is 19.0. The van der Waals surface area contributed by atoms with Crippen LogP contribution in [0.15, 0.2) is 45.8 Å². The van der Waals surface area contributed by atoms with Crippen LogP contribution in [0.3, 0.4) is 0 Å². The molecule has 138 valence electrons. The van der Waals surface area contributed by atoms with Crippen LogP contribution in [0, 0.1) is 12.7 Å². The van der Waals surface area contributed by atoms with Crippen molar-refractivity contribution in [1.29, 1.82) is 0 Å². The van der Waals surface area contributed by atoms with Gasteiger partial charge < -0.3 is 5.32 Å². The first-order valence-electron chi connectivity index (χ1n) is 8.16. The summed E-state index contributed by atoms with van der Waals surface area (Å²) in [5.41, 5.74) is 1.54. The third kappa shape index (κ3) is 3.82. The Morgan fingerprint density at radius 2 is 1.85 bits per heavy atom. The fourth-order valence-corrected chi connectivity index (χ4v) is 4.95. The van der Waals surface area contributed by atoms with E-state index in [2.05, 4.69) is 21.2 Å². The third-order valence-corrected chi connectivity index (χ3v) is 6.72. The number of rotatable bonds is 4. The number of halogens is 2. The first-order chi connectivity index (χ1) is 12.3. The fraction of sp³-hybridized carbons (Fsp3) is 0.278. The van der Waals surface area contributed by atoms with Crippen LogP contribution in [-0.4, -0.2) is 31.7 Å². The van der Waals surface area contributed by atoms with Crippen LogP contribution in [0.1, 0.15) is 28.8 Å². The van der Waals surface area contributed by atoms with Gasteiger partial charge in [0.2, 0.25) is 10.0 Å². The number of nitrogens with one attached hydrogen (secondary N) is 1. The molecule has 0 radical (unpaired) electrons. The van der Waals surface area contributed by atoms with Gasteiger partial charge in [-0.1, -0.05) is 15.9 Å². The Labute approximate surface area is 160 Å². The van der Waals surface area contributed by atoms with Crippen molar-refractivity contribution in [3.8, 4) is 0 Å². The summed E-state index contributed by atoms with van der Waals surface area (Å²) in [7, 11) is -3.94. The highest BCUT2D eigenvalue weighted by molar-refractivity contribution is 9.10. The molecular weight excluding hydrogens is 423 g/mol. The van der Waals surface area contributed by atoms with Crippen molar-refractivity contribution in [2.24, 2.45) is 0 Å². The lowest BCUT2D eigenvalue weighted by atomic mass is 10.1. The maximum absolute atomic E-state index is 14.2. The smallest absolute Gasteiger partial charge is 0.255 e. The summed E-state index contributed by atoms with van der Waals surface area (Å²) in [6, 6.07) is 8.78. The molecule has 1 fully saturated rings. The van der Waals surface area contributed by atoms with E-state index in [4.69, 9.17) is 0 Å². The lowest BCUT2D eigenvalue weighted by Gasteiger charge is -2.16. The summed E-state index contributed by atoms with van der Waals surface area (Å²) >= 11 is 3.35. The average molecular weight is 441 g/mol. The standard InChI is InChI=1S/C18H18BrFN2O3S/c1-12-10-14(19)5-7-16(12)21-18(23)13-4-6-15(20)17(11-13)26(24,25)22-8-2-3-9-22/h4-7,10-11H,2-3,8-9H2,1H3,(H,21,23). The van der Waals surface area contributed by atoms with Crippen LogP contribution in [0.25, 0.3) is 0 Å². The van der Waals surface area contributed by atoms with Crippen molar-refractivity contribution in [2.75, 3.05) is 18.4 Å². The Morgan fingerprint density at radius 3 is 2.50 bits per heavy atom. The molecule has 26 heavy (non-hydrogen) atoms. The second kappa shape index (κ2) is 7.46. The van der Waals surface area contributed by atoms with E-state index in [0.717, 1.165) is 35.0 Å². The van der Waals surface area contributed by atoms with Gasteiger partial charge in [-0.25, -0.2) is 12.8 Å². The number of carbonyl (C=O) groups is 1. The first-order valence-corrected chi connectivity index (χ1v) is 10.4. The molecule has 0 aromatic heterocycles. The molecule has 1 aliphatic heterocycles. The van der Waals surface area contributed by atoms with Gasteiger partial charge in [0.25, 0.3) is 5.91 Å². The van der Waals surface area contributed by atoms with Gasteiger partial charge in [-0.05, 0) is 61.7 Å². The Kier molecular flexibility index (Phi) is 5.45. The normalized spacial score (nSPS) is 15.2. The minimum atomic E-state index is -3.94. The minimum Gasteiger partial charge on any atom is -0.322 e. The third-order valence-electron chi connectivity index (χ3n) is 4.31. The van der Waals surface area contributed by atoms with E-state index in [1.807, 2.05) is 13.0 Å². The Morgan fingerprint density at radius 1 is 1.15 bits per heavy atom. The molecule has 5 nitrogen and oxygen atoms in total. The maximum Gasteiger partial charge on any atom is 0.255 e. The molecule has 1 aliphatic rings. The molecule has 8 heteroatoms. The molecule has 1 heterocycles. The van der Waals surface area contributed by atoms with Crippen molar-refractivity contribution < 1.29 is 17.6 Å². The summed E-state index contributed by atoms with van der Waals surface area (Å²) < 4.78 is 41.6. The van der Waals surface area contributed by atoms with Gasteiger partial charge in [-0.3, -0.25) is 4.79 Å². The number of anilines is 1. The molecule has 0 unspecified atom stereocenters. The van der Waals surface area contributed by atoms with Crippen LogP contribution in [0.4, 0.5) is 10.1 Å². The molecule has 0 atom stereocenters. The molecule has 0 saturated carbocycles. The van der Waals surface area contributed by atoms with Gasteiger partial charge in [0, 0.05) is 28.8 Å². The summed E-state index contributed by atoms with van der Waals surface area (Å²) in [5.74, 6) is -1.35. The fourth-order valence-electron chi connectivity index (χ4n) is 2.87. The summed E-state index contributed by atoms with van der Waals surface area (Å²) in [4.78, 5) is 12.1. The van der Waals surface area contributed by atoms with E-state index in [9.17, 15) is 17.6 Å². The number of sulfonamides is 1. The molecule has 1 N–H and O–H groups in total. The van der Waals surface area contributed by atoms with Gasteiger partial charge in [0.05, 0.1) is 0 Å². The lowest BCUT2D eigenvalue weighted by molar-refractivity contribution is 0.102.